The second kappa shape index (κ2) is 6.84. The number of carbonyl (C=O) groups excluding carboxylic acids is 1. The summed E-state index contributed by atoms with van der Waals surface area (Å²) >= 11 is 0. The van der Waals surface area contributed by atoms with Gasteiger partial charge in [-0.05, 0) is 13.0 Å². The molecule has 1 aromatic heterocycles. The lowest BCUT2D eigenvalue weighted by Crippen LogP contribution is -2.32. The molecule has 6 heteroatoms. The summed E-state index contributed by atoms with van der Waals surface area (Å²) in [6.45, 7) is 4.11. The molecule has 16 heavy (non-hydrogen) atoms. The van der Waals surface area contributed by atoms with Crippen LogP contribution in [-0.2, 0) is 18.3 Å². The number of ether oxygens (including phenoxy) is 1. The van der Waals surface area contributed by atoms with Crippen molar-refractivity contribution in [3.63, 3.8) is 0 Å². The summed E-state index contributed by atoms with van der Waals surface area (Å²) in [5.74, 6) is 0. The maximum absolute atomic E-state index is 10.9. The minimum Gasteiger partial charge on any atom is -0.450 e. The van der Waals surface area contributed by atoms with Gasteiger partial charge in [-0.2, -0.15) is 5.10 Å². The lowest BCUT2D eigenvalue weighted by atomic mass is 10.4. The molecule has 0 aliphatic carbocycles. The smallest absolute Gasteiger partial charge is 0.407 e. The lowest BCUT2D eigenvalue weighted by Gasteiger charge is -2.05. The van der Waals surface area contributed by atoms with Gasteiger partial charge in [0, 0.05) is 32.9 Å². The molecular formula is C10H18N4O2. The van der Waals surface area contributed by atoms with Crippen molar-refractivity contribution in [1.29, 1.82) is 0 Å². The molecule has 0 fully saturated rings. The molecule has 1 rings (SSSR count). The second-order valence-corrected chi connectivity index (χ2v) is 3.30. The predicted octanol–water partition coefficient (Wildman–Crippen LogP) is 0.256. The summed E-state index contributed by atoms with van der Waals surface area (Å²) in [6, 6.07) is 1.95. The highest BCUT2D eigenvalue weighted by Crippen LogP contribution is 1.91. The topological polar surface area (TPSA) is 68.2 Å². The third kappa shape index (κ3) is 4.79. The summed E-state index contributed by atoms with van der Waals surface area (Å²) in [6.07, 6.45) is 1.52. The number of hydrogen-bond acceptors (Lipinski definition) is 4. The number of nitrogens with one attached hydrogen (secondary N) is 2. The van der Waals surface area contributed by atoms with Crippen LogP contribution in [0.3, 0.4) is 0 Å². The van der Waals surface area contributed by atoms with Gasteiger partial charge in [0.25, 0.3) is 0 Å². The van der Waals surface area contributed by atoms with E-state index in [0.29, 0.717) is 26.2 Å². The van der Waals surface area contributed by atoms with Crippen molar-refractivity contribution in [2.24, 2.45) is 7.05 Å². The van der Waals surface area contributed by atoms with Crippen LogP contribution in [0, 0.1) is 0 Å². The molecule has 1 aromatic rings. The Morgan fingerprint density at radius 2 is 2.38 bits per heavy atom. The van der Waals surface area contributed by atoms with E-state index in [1.54, 1.807) is 11.6 Å². The van der Waals surface area contributed by atoms with E-state index in [1.807, 2.05) is 19.3 Å². The summed E-state index contributed by atoms with van der Waals surface area (Å²) in [5, 5.41) is 10.0. The van der Waals surface area contributed by atoms with Crippen LogP contribution in [0.4, 0.5) is 4.79 Å². The quantitative estimate of drug-likeness (QED) is 0.683. The first kappa shape index (κ1) is 12.5. The van der Waals surface area contributed by atoms with Gasteiger partial charge in [0.15, 0.2) is 0 Å². The summed E-state index contributed by atoms with van der Waals surface area (Å²) in [4.78, 5) is 10.9. The molecule has 0 saturated heterocycles. The highest BCUT2D eigenvalue weighted by molar-refractivity contribution is 5.66. The molecule has 0 aliphatic heterocycles. The van der Waals surface area contributed by atoms with Gasteiger partial charge >= 0.3 is 6.09 Å². The fraction of sp³-hybridized carbons (Fsp3) is 0.600. The van der Waals surface area contributed by atoms with E-state index in [-0.39, 0.29) is 6.09 Å². The number of rotatable bonds is 6. The lowest BCUT2D eigenvalue weighted by molar-refractivity contribution is 0.152. The zero-order valence-electron chi connectivity index (χ0n) is 9.69. The van der Waals surface area contributed by atoms with E-state index in [9.17, 15) is 4.79 Å². The number of carbonyl (C=O) groups is 1. The summed E-state index contributed by atoms with van der Waals surface area (Å²) < 4.78 is 6.47. The van der Waals surface area contributed by atoms with Gasteiger partial charge in [-0.1, -0.05) is 0 Å². The predicted molar refractivity (Wildman–Crippen MR) is 59.9 cm³/mol. The average Bonchev–Trinajstić information content (AvgIpc) is 2.64. The maximum atomic E-state index is 10.9. The highest BCUT2D eigenvalue weighted by atomic mass is 16.5. The first-order chi connectivity index (χ1) is 7.72. The van der Waals surface area contributed by atoms with Crippen molar-refractivity contribution in [3.05, 3.63) is 18.0 Å². The Morgan fingerprint density at radius 3 is 3.00 bits per heavy atom. The molecule has 2 N–H and O–H groups in total. The molecule has 1 amide bonds. The molecule has 0 saturated carbocycles. The Balaban J connectivity index is 2.02. The highest BCUT2D eigenvalue weighted by Gasteiger charge is 1.99. The van der Waals surface area contributed by atoms with E-state index < -0.39 is 0 Å². The van der Waals surface area contributed by atoms with Crippen LogP contribution in [0.25, 0.3) is 0 Å². The normalized spacial score (nSPS) is 10.1. The van der Waals surface area contributed by atoms with Crippen molar-refractivity contribution < 1.29 is 9.53 Å². The van der Waals surface area contributed by atoms with Crippen molar-refractivity contribution in [1.82, 2.24) is 20.4 Å². The zero-order chi connectivity index (χ0) is 11.8. The van der Waals surface area contributed by atoms with Crippen LogP contribution < -0.4 is 10.6 Å². The number of alkyl carbamates (subject to hydrolysis) is 1. The largest absolute Gasteiger partial charge is 0.450 e. The van der Waals surface area contributed by atoms with Crippen LogP contribution in [0.15, 0.2) is 12.3 Å². The Hall–Kier alpha value is -1.56. The van der Waals surface area contributed by atoms with Crippen molar-refractivity contribution >= 4 is 6.09 Å². The standard InChI is InChI=1S/C10H18N4O2/c1-3-16-10(15)12-6-5-11-8-9-4-7-14(2)13-9/h4,7,11H,3,5-6,8H2,1-2H3,(H,12,15). The molecule has 0 unspecified atom stereocenters. The van der Waals surface area contributed by atoms with Gasteiger partial charge in [0.05, 0.1) is 12.3 Å². The SMILES string of the molecule is CCOC(=O)NCCNCc1ccn(C)n1. The van der Waals surface area contributed by atoms with Crippen LogP contribution >= 0.6 is 0 Å². The third-order valence-corrected chi connectivity index (χ3v) is 1.92. The Bertz CT molecular complexity index is 324. The average molecular weight is 226 g/mol. The first-order valence-corrected chi connectivity index (χ1v) is 5.32. The van der Waals surface area contributed by atoms with Crippen molar-refractivity contribution in [2.75, 3.05) is 19.7 Å². The van der Waals surface area contributed by atoms with Crippen LogP contribution in [0.2, 0.25) is 0 Å². The molecule has 0 atom stereocenters. The fourth-order valence-corrected chi connectivity index (χ4v) is 1.21. The summed E-state index contributed by atoms with van der Waals surface area (Å²) in [5.41, 5.74) is 0.985. The number of nitrogens with zero attached hydrogens (tertiary/aromatic N) is 2. The van der Waals surface area contributed by atoms with E-state index >= 15 is 0 Å². The molecule has 0 aliphatic rings. The molecule has 0 spiro atoms. The number of hydrogen-bond donors (Lipinski definition) is 2. The Kier molecular flexibility index (Phi) is 5.35. The van der Waals surface area contributed by atoms with Gasteiger partial charge in [-0.25, -0.2) is 4.79 Å². The minimum atomic E-state index is -0.373. The van der Waals surface area contributed by atoms with Crippen LogP contribution in [0.5, 0.6) is 0 Å². The van der Waals surface area contributed by atoms with E-state index in [4.69, 9.17) is 4.74 Å². The van der Waals surface area contributed by atoms with Gasteiger partial charge in [-0.15, -0.1) is 0 Å². The van der Waals surface area contributed by atoms with Crippen LogP contribution in [-0.4, -0.2) is 35.6 Å². The molecular weight excluding hydrogens is 208 g/mol. The second-order valence-electron chi connectivity index (χ2n) is 3.30. The van der Waals surface area contributed by atoms with Gasteiger partial charge in [0.1, 0.15) is 0 Å². The molecule has 0 radical (unpaired) electrons. The van der Waals surface area contributed by atoms with Crippen molar-refractivity contribution in [2.45, 2.75) is 13.5 Å². The molecule has 90 valence electrons. The van der Waals surface area contributed by atoms with Gasteiger partial charge < -0.3 is 15.4 Å². The Morgan fingerprint density at radius 1 is 1.56 bits per heavy atom. The maximum Gasteiger partial charge on any atom is 0.407 e. The van der Waals surface area contributed by atoms with E-state index in [0.717, 1.165) is 5.69 Å². The molecule has 1 heterocycles. The molecule has 0 bridgehead atoms. The van der Waals surface area contributed by atoms with Crippen LogP contribution in [0.1, 0.15) is 12.6 Å². The monoisotopic (exact) mass is 226 g/mol. The van der Waals surface area contributed by atoms with E-state index in [1.165, 1.54) is 0 Å². The first-order valence-electron chi connectivity index (χ1n) is 5.32. The molecule has 0 aromatic carbocycles. The zero-order valence-corrected chi connectivity index (χ0v) is 9.69. The van der Waals surface area contributed by atoms with Gasteiger partial charge in [-0.3, -0.25) is 4.68 Å². The van der Waals surface area contributed by atoms with Crippen molar-refractivity contribution in [3.8, 4) is 0 Å². The Labute approximate surface area is 95.0 Å². The minimum absolute atomic E-state index is 0.373. The molecule has 6 nitrogen and oxygen atoms in total. The number of amides is 1. The fourth-order valence-electron chi connectivity index (χ4n) is 1.21. The van der Waals surface area contributed by atoms with E-state index in [2.05, 4.69) is 15.7 Å². The number of aryl methyl sites for hydroxylation is 1. The number of aromatic nitrogens is 2. The van der Waals surface area contributed by atoms with Gasteiger partial charge in [0.2, 0.25) is 0 Å². The third-order valence-electron chi connectivity index (χ3n) is 1.92. The summed E-state index contributed by atoms with van der Waals surface area (Å²) in [7, 11) is 1.88.